The SMILES string of the molecule is Cc1cc(Nc2nc(N)nc(-c3cnn(C)c3)c2C)n[nH]1. The largest absolute Gasteiger partial charge is 0.368 e. The van der Waals surface area contributed by atoms with Gasteiger partial charge in [0.2, 0.25) is 5.95 Å². The van der Waals surface area contributed by atoms with Crippen molar-refractivity contribution in [3.05, 3.63) is 29.7 Å². The number of H-pyrrole nitrogens is 1. The second-order valence-electron chi connectivity index (χ2n) is 4.87. The molecule has 3 aromatic rings. The van der Waals surface area contributed by atoms with Gasteiger partial charge in [-0.3, -0.25) is 9.78 Å². The van der Waals surface area contributed by atoms with Gasteiger partial charge in [0.05, 0.1) is 11.9 Å². The molecule has 0 amide bonds. The Hall–Kier alpha value is -2.90. The molecular formula is C13H16N8. The number of nitrogens with two attached hydrogens (primary N) is 1. The molecule has 0 atom stereocenters. The zero-order chi connectivity index (χ0) is 15.0. The fourth-order valence-electron chi connectivity index (χ4n) is 2.08. The van der Waals surface area contributed by atoms with E-state index in [9.17, 15) is 0 Å². The summed E-state index contributed by atoms with van der Waals surface area (Å²) in [4.78, 5) is 8.55. The smallest absolute Gasteiger partial charge is 0.222 e. The van der Waals surface area contributed by atoms with Crippen molar-refractivity contribution in [3.63, 3.8) is 0 Å². The zero-order valence-electron chi connectivity index (χ0n) is 12.0. The van der Waals surface area contributed by atoms with Crippen LogP contribution in [0.3, 0.4) is 0 Å². The van der Waals surface area contributed by atoms with E-state index in [0.29, 0.717) is 11.6 Å². The molecule has 8 nitrogen and oxygen atoms in total. The normalized spacial score (nSPS) is 10.8. The molecule has 108 valence electrons. The van der Waals surface area contributed by atoms with Crippen molar-refractivity contribution in [1.29, 1.82) is 0 Å². The number of aromatic amines is 1. The second-order valence-corrected chi connectivity index (χ2v) is 4.87. The van der Waals surface area contributed by atoms with Crippen molar-refractivity contribution < 1.29 is 0 Å². The highest BCUT2D eigenvalue weighted by Crippen LogP contribution is 2.27. The van der Waals surface area contributed by atoms with Crippen LogP contribution in [0.4, 0.5) is 17.6 Å². The lowest BCUT2D eigenvalue weighted by atomic mass is 10.1. The Morgan fingerprint density at radius 3 is 2.71 bits per heavy atom. The van der Waals surface area contributed by atoms with Crippen LogP contribution >= 0.6 is 0 Å². The number of nitrogens with one attached hydrogen (secondary N) is 2. The van der Waals surface area contributed by atoms with Crippen molar-refractivity contribution >= 4 is 17.6 Å². The van der Waals surface area contributed by atoms with E-state index in [0.717, 1.165) is 22.5 Å². The minimum atomic E-state index is 0.203. The topological polar surface area (TPSA) is 110 Å². The highest BCUT2D eigenvalue weighted by molar-refractivity contribution is 5.70. The summed E-state index contributed by atoms with van der Waals surface area (Å²) in [6.07, 6.45) is 3.63. The van der Waals surface area contributed by atoms with Crippen LogP contribution in [0.25, 0.3) is 11.3 Å². The molecule has 0 aliphatic heterocycles. The summed E-state index contributed by atoms with van der Waals surface area (Å²) in [5.74, 6) is 1.52. The van der Waals surface area contributed by atoms with E-state index < -0.39 is 0 Å². The summed E-state index contributed by atoms with van der Waals surface area (Å²) in [6, 6.07) is 1.89. The standard InChI is InChI=1S/C13H16N8/c1-7-4-10(20-19-7)16-12-8(2)11(17-13(14)18-12)9-5-15-21(3)6-9/h4-6H,1-3H3,(H4,14,16,17,18,19,20). The van der Waals surface area contributed by atoms with Crippen LogP contribution < -0.4 is 11.1 Å². The van der Waals surface area contributed by atoms with Gasteiger partial charge < -0.3 is 11.1 Å². The molecule has 0 aliphatic carbocycles. The Balaban J connectivity index is 2.03. The molecule has 0 aliphatic rings. The maximum atomic E-state index is 5.81. The number of hydrogen-bond donors (Lipinski definition) is 3. The number of aromatic nitrogens is 6. The van der Waals surface area contributed by atoms with E-state index in [4.69, 9.17) is 5.73 Å². The number of hydrogen-bond acceptors (Lipinski definition) is 6. The van der Waals surface area contributed by atoms with Crippen LogP contribution in [0.2, 0.25) is 0 Å². The molecule has 3 heterocycles. The van der Waals surface area contributed by atoms with Crippen LogP contribution in [-0.2, 0) is 7.05 Å². The first-order valence-corrected chi connectivity index (χ1v) is 6.45. The van der Waals surface area contributed by atoms with Crippen LogP contribution in [0.5, 0.6) is 0 Å². The number of aryl methyl sites for hydroxylation is 2. The predicted octanol–water partition coefficient (Wildman–Crippen LogP) is 1.54. The zero-order valence-corrected chi connectivity index (χ0v) is 12.0. The molecule has 0 fully saturated rings. The Morgan fingerprint density at radius 2 is 2.10 bits per heavy atom. The summed E-state index contributed by atoms with van der Waals surface area (Å²) in [5.41, 5.74) is 9.31. The van der Waals surface area contributed by atoms with Gasteiger partial charge in [-0.25, -0.2) is 4.98 Å². The number of rotatable bonds is 3. The molecule has 3 rings (SSSR count). The summed E-state index contributed by atoms with van der Waals surface area (Å²) >= 11 is 0. The van der Waals surface area contributed by atoms with Gasteiger partial charge in [0.15, 0.2) is 5.82 Å². The third-order valence-corrected chi connectivity index (χ3v) is 3.09. The van der Waals surface area contributed by atoms with Crippen LogP contribution in [-0.4, -0.2) is 29.9 Å². The van der Waals surface area contributed by atoms with Gasteiger partial charge in [-0.15, -0.1) is 0 Å². The highest BCUT2D eigenvalue weighted by atomic mass is 15.2. The van der Waals surface area contributed by atoms with E-state index in [1.54, 1.807) is 10.9 Å². The van der Waals surface area contributed by atoms with Gasteiger partial charge in [0, 0.05) is 36.1 Å². The van der Waals surface area contributed by atoms with Gasteiger partial charge in [-0.2, -0.15) is 15.2 Å². The maximum Gasteiger partial charge on any atom is 0.222 e. The van der Waals surface area contributed by atoms with Crippen LogP contribution in [0.1, 0.15) is 11.3 Å². The van der Waals surface area contributed by atoms with E-state index in [-0.39, 0.29) is 5.95 Å². The van der Waals surface area contributed by atoms with Crippen LogP contribution in [0.15, 0.2) is 18.5 Å². The molecule has 21 heavy (non-hydrogen) atoms. The molecule has 0 saturated heterocycles. The van der Waals surface area contributed by atoms with E-state index in [2.05, 4.69) is 30.6 Å². The monoisotopic (exact) mass is 284 g/mol. The lowest BCUT2D eigenvalue weighted by molar-refractivity contribution is 0.768. The maximum absolute atomic E-state index is 5.81. The van der Waals surface area contributed by atoms with Crippen molar-refractivity contribution in [2.45, 2.75) is 13.8 Å². The van der Waals surface area contributed by atoms with Gasteiger partial charge in [-0.05, 0) is 13.8 Å². The molecule has 0 unspecified atom stereocenters. The van der Waals surface area contributed by atoms with E-state index >= 15 is 0 Å². The summed E-state index contributed by atoms with van der Waals surface area (Å²) in [7, 11) is 1.86. The average molecular weight is 284 g/mol. The van der Waals surface area contributed by atoms with Gasteiger partial charge in [0.1, 0.15) is 5.82 Å². The number of nitrogen functional groups attached to an aromatic ring is 1. The Labute approximate surface area is 121 Å². The van der Waals surface area contributed by atoms with Crippen molar-refractivity contribution in [2.24, 2.45) is 7.05 Å². The minimum absolute atomic E-state index is 0.203. The fraction of sp³-hybridized carbons (Fsp3) is 0.231. The first-order chi connectivity index (χ1) is 10.0. The first-order valence-electron chi connectivity index (χ1n) is 6.45. The minimum Gasteiger partial charge on any atom is -0.368 e. The Bertz CT molecular complexity index is 785. The summed E-state index contributed by atoms with van der Waals surface area (Å²) in [6.45, 7) is 3.87. The van der Waals surface area contributed by atoms with E-state index in [1.807, 2.05) is 33.2 Å². The molecule has 0 bridgehead atoms. The molecular weight excluding hydrogens is 268 g/mol. The van der Waals surface area contributed by atoms with Crippen molar-refractivity contribution in [3.8, 4) is 11.3 Å². The summed E-state index contributed by atoms with van der Waals surface area (Å²) in [5, 5.41) is 14.3. The summed E-state index contributed by atoms with van der Waals surface area (Å²) < 4.78 is 1.72. The average Bonchev–Trinajstić information content (AvgIpc) is 3.02. The third kappa shape index (κ3) is 2.55. The first kappa shape index (κ1) is 13.1. The lowest BCUT2D eigenvalue weighted by Crippen LogP contribution is -2.05. The molecule has 0 radical (unpaired) electrons. The van der Waals surface area contributed by atoms with Gasteiger partial charge in [-0.1, -0.05) is 0 Å². The third-order valence-electron chi connectivity index (χ3n) is 3.09. The van der Waals surface area contributed by atoms with Crippen LogP contribution in [0, 0.1) is 13.8 Å². The molecule has 3 aromatic heterocycles. The second kappa shape index (κ2) is 4.89. The molecule has 0 aromatic carbocycles. The predicted molar refractivity (Wildman–Crippen MR) is 80.0 cm³/mol. The quantitative estimate of drug-likeness (QED) is 0.673. The molecule has 0 spiro atoms. The fourth-order valence-corrected chi connectivity index (χ4v) is 2.08. The van der Waals surface area contributed by atoms with E-state index in [1.165, 1.54) is 0 Å². The van der Waals surface area contributed by atoms with Gasteiger partial charge in [0.25, 0.3) is 0 Å². The highest BCUT2D eigenvalue weighted by Gasteiger charge is 2.13. The van der Waals surface area contributed by atoms with Gasteiger partial charge >= 0.3 is 0 Å². The number of anilines is 3. The van der Waals surface area contributed by atoms with Crippen molar-refractivity contribution in [2.75, 3.05) is 11.1 Å². The Morgan fingerprint density at radius 1 is 1.29 bits per heavy atom. The van der Waals surface area contributed by atoms with Crippen molar-refractivity contribution in [1.82, 2.24) is 29.9 Å². The lowest BCUT2D eigenvalue weighted by Gasteiger charge is -2.10. The molecule has 0 saturated carbocycles. The number of nitrogens with zero attached hydrogens (tertiary/aromatic N) is 5. The molecule has 4 N–H and O–H groups in total. The Kier molecular flexibility index (Phi) is 3.05. The molecule has 8 heteroatoms.